The Labute approximate surface area is 342 Å². The first-order valence-corrected chi connectivity index (χ1v) is 23.2. The topological polar surface area (TPSA) is 149 Å². The molecule has 0 aromatic heterocycles. The normalized spacial score (nSPS) is 21.4. The number of allylic oxidation sites excluding steroid dienone is 5. The van der Waals surface area contributed by atoms with Crippen LogP contribution in [0.4, 0.5) is 0 Å². The first-order chi connectivity index (χ1) is 27.3. The highest BCUT2D eigenvalue weighted by Gasteiger charge is 2.44. The lowest BCUT2D eigenvalue weighted by molar-refractivity contribution is -0.302. The number of carbonyl (C=O) groups is 1. The molecule has 1 amide bonds. The Hall–Kier alpha value is -1.59. The summed E-state index contributed by atoms with van der Waals surface area (Å²) >= 11 is 0. The van der Waals surface area contributed by atoms with Gasteiger partial charge in [0.05, 0.1) is 25.4 Å². The number of carbonyl (C=O) groups excluding carboxylic acids is 1. The molecule has 1 rings (SSSR count). The lowest BCUT2D eigenvalue weighted by atomic mass is 9.99. The quantitative estimate of drug-likeness (QED) is 0.0268. The number of unbranched alkanes of at least 4 members (excludes halogenated alkanes) is 24. The van der Waals surface area contributed by atoms with Gasteiger partial charge in [-0.15, -0.1) is 0 Å². The Morgan fingerprint density at radius 3 is 1.50 bits per heavy atom. The first kappa shape index (κ1) is 52.4. The van der Waals surface area contributed by atoms with E-state index in [-0.39, 0.29) is 12.5 Å². The van der Waals surface area contributed by atoms with E-state index < -0.39 is 49.5 Å². The Morgan fingerprint density at radius 1 is 0.589 bits per heavy atom. The second kappa shape index (κ2) is 37.7. The van der Waals surface area contributed by atoms with E-state index in [1.807, 2.05) is 6.08 Å². The Bertz CT molecular complexity index is 972. The molecule has 0 bridgehead atoms. The molecule has 9 nitrogen and oxygen atoms in total. The number of aliphatic hydroxyl groups excluding tert-OH is 5. The van der Waals surface area contributed by atoms with Crippen LogP contribution in [-0.4, -0.2) is 87.5 Å². The standard InChI is InChI=1S/C47H87NO8/c1-3-5-7-9-11-13-15-17-18-19-20-21-22-23-24-25-27-29-31-33-35-37-43(51)48-40(39-55-47-46(54)45(53)44(52)42(38-49)56-47)41(50)36-34-32-30-28-26-16-14-12-10-8-6-4-2/h17-18,26,28,34,36,40-42,44-47,49-50,52-54H,3-16,19-25,27,29-33,35,37-39H2,1-2H3,(H,48,51)/b18-17+,28-26+,36-34+/t40-,41+,42-,44-,45?,46?,47-/m0/s1. The van der Waals surface area contributed by atoms with Crippen LogP contribution >= 0.6 is 0 Å². The minimum Gasteiger partial charge on any atom is -0.394 e. The lowest BCUT2D eigenvalue weighted by Crippen LogP contribution is -2.60. The van der Waals surface area contributed by atoms with Crippen molar-refractivity contribution < 1.29 is 39.8 Å². The largest absolute Gasteiger partial charge is 0.394 e. The second-order valence-electron chi connectivity index (χ2n) is 16.2. The van der Waals surface area contributed by atoms with Gasteiger partial charge in [0.2, 0.25) is 5.91 Å². The molecule has 2 unspecified atom stereocenters. The van der Waals surface area contributed by atoms with Gasteiger partial charge >= 0.3 is 0 Å². The van der Waals surface area contributed by atoms with Crippen molar-refractivity contribution in [2.24, 2.45) is 0 Å². The zero-order valence-corrected chi connectivity index (χ0v) is 35.9. The molecule has 7 atom stereocenters. The van der Waals surface area contributed by atoms with E-state index in [4.69, 9.17) is 9.47 Å². The summed E-state index contributed by atoms with van der Waals surface area (Å²) in [7, 11) is 0. The summed E-state index contributed by atoms with van der Waals surface area (Å²) in [5, 5.41) is 54.1. The summed E-state index contributed by atoms with van der Waals surface area (Å²) in [5.41, 5.74) is 0. The lowest BCUT2D eigenvalue weighted by Gasteiger charge is -2.40. The fourth-order valence-corrected chi connectivity index (χ4v) is 7.17. The van der Waals surface area contributed by atoms with Crippen molar-refractivity contribution in [1.29, 1.82) is 0 Å². The summed E-state index contributed by atoms with van der Waals surface area (Å²) in [6.45, 7) is 3.73. The monoisotopic (exact) mass is 794 g/mol. The van der Waals surface area contributed by atoms with E-state index in [9.17, 15) is 30.3 Å². The molecule has 1 heterocycles. The van der Waals surface area contributed by atoms with Crippen LogP contribution in [0.15, 0.2) is 36.5 Å². The summed E-state index contributed by atoms with van der Waals surface area (Å²) in [6.07, 6.45) is 39.1. The molecular weight excluding hydrogens is 707 g/mol. The van der Waals surface area contributed by atoms with E-state index in [2.05, 4.69) is 43.5 Å². The minimum atomic E-state index is -1.57. The van der Waals surface area contributed by atoms with Gasteiger partial charge in [0, 0.05) is 6.42 Å². The van der Waals surface area contributed by atoms with Gasteiger partial charge in [0.25, 0.3) is 0 Å². The first-order valence-electron chi connectivity index (χ1n) is 23.2. The zero-order chi connectivity index (χ0) is 40.9. The molecule has 9 heteroatoms. The van der Waals surface area contributed by atoms with E-state index in [0.717, 1.165) is 38.5 Å². The number of nitrogens with one attached hydrogen (secondary N) is 1. The molecule has 328 valence electrons. The van der Waals surface area contributed by atoms with Crippen LogP contribution in [0.25, 0.3) is 0 Å². The fourth-order valence-electron chi connectivity index (χ4n) is 7.17. The molecule has 6 N–H and O–H groups in total. The van der Waals surface area contributed by atoms with Crippen LogP contribution in [0, 0.1) is 0 Å². The maximum absolute atomic E-state index is 12.9. The number of hydrogen-bond donors (Lipinski definition) is 6. The molecule has 0 aromatic rings. The zero-order valence-electron chi connectivity index (χ0n) is 35.9. The fraction of sp³-hybridized carbons (Fsp3) is 0.851. The number of hydrogen-bond acceptors (Lipinski definition) is 8. The number of rotatable bonds is 38. The van der Waals surface area contributed by atoms with E-state index in [1.165, 1.54) is 141 Å². The van der Waals surface area contributed by atoms with Gasteiger partial charge in [-0.2, -0.15) is 0 Å². The van der Waals surface area contributed by atoms with Crippen molar-refractivity contribution in [2.45, 2.75) is 243 Å². The van der Waals surface area contributed by atoms with Crippen LogP contribution in [0.1, 0.15) is 200 Å². The predicted molar refractivity (Wildman–Crippen MR) is 230 cm³/mol. The third-order valence-corrected chi connectivity index (χ3v) is 10.9. The van der Waals surface area contributed by atoms with Crippen LogP contribution in [0.3, 0.4) is 0 Å². The van der Waals surface area contributed by atoms with Crippen molar-refractivity contribution in [3.05, 3.63) is 36.5 Å². The molecule has 1 fully saturated rings. The summed E-state index contributed by atoms with van der Waals surface area (Å²) < 4.78 is 11.2. The van der Waals surface area contributed by atoms with Gasteiger partial charge in [-0.1, -0.05) is 172 Å². The van der Waals surface area contributed by atoms with E-state index >= 15 is 0 Å². The summed E-state index contributed by atoms with van der Waals surface area (Å²) in [6, 6.07) is -0.819. The minimum absolute atomic E-state index is 0.189. The number of aliphatic hydroxyl groups is 5. The van der Waals surface area contributed by atoms with E-state index in [1.54, 1.807) is 6.08 Å². The molecule has 0 spiro atoms. The van der Waals surface area contributed by atoms with Gasteiger partial charge in [-0.3, -0.25) is 4.79 Å². The highest BCUT2D eigenvalue weighted by molar-refractivity contribution is 5.76. The average Bonchev–Trinajstić information content (AvgIpc) is 3.20. The summed E-state index contributed by atoms with van der Waals surface area (Å²) in [4.78, 5) is 12.9. The highest BCUT2D eigenvalue weighted by atomic mass is 16.7. The molecular formula is C47H87NO8. The van der Waals surface area contributed by atoms with Gasteiger partial charge in [0.15, 0.2) is 6.29 Å². The highest BCUT2D eigenvalue weighted by Crippen LogP contribution is 2.22. The van der Waals surface area contributed by atoms with Crippen LogP contribution in [0.2, 0.25) is 0 Å². The molecule has 1 aliphatic heterocycles. The van der Waals surface area contributed by atoms with Crippen molar-refractivity contribution >= 4 is 5.91 Å². The predicted octanol–water partition coefficient (Wildman–Crippen LogP) is 9.67. The maximum atomic E-state index is 12.9. The molecule has 0 aliphatic carbocycles. The van der Waals surface area contributed by atoms with Gasteiger partial charge in [-0.25, -0.2) is 0 Å². The molecule has 1 aliphatic rings. The maximum Gasteiger partial charge on any atom is 0.220 e. The molecule has 1 saturated heterocycles. The molecule has 56 heavy (non-hydrogen) atoms. The molecule has 0 aromatic carbocycles. The summed E-state index contributed by atoms with van der Waals surface area (Å²) in [5.74, 6) is -0.189. The molecule has 0 radical (unpaired) electrons. The Morgan fingerprint density at radius 2 is 1.02 bits per heavy atom. The van der Waals surface area contributed by atoms with Gasteiger partial charge in [-0.05, 0) is 57.8 Å². The van der Waals surface area contributed by atoms with E-state index in [0.29, 0.717) is 6.42 Å². The Kier molecular flexibility index (Phi) is 35.3. The third-order valence-electron chi connectivity index (χ3n) is 10.9. The average molecular weight is 794 g/mol. The second-order valence-corrected chi connectivity index (χ2v) is 16.2. The molecule has 0 saturated carbocycles. The van der Waals surface area contributed by atoms with Crippen molar-refractivity contribution in [3.63, 3.8) is 0 Å². The van der Waals surface area contributed by atoms with Crippen molar-refractivity contribution in [2.75, 3.05) is 13.2 Å². The van der Waals surface area contributed by atoms with Crippen LogP contribution < -0.4 is 5.32 Å². The Balaban J connectivity index is 2.32. The number of amides is 1. The van der Waals surface area contributed by atoms with Gasteiger partial charge in [0.1, 0.15) is 24.4 Å². The SMILES string of the molecule is CCCCCCCC/C=C/CC/C=C/[C@@H](O)[C@H](CO[C@H]1O[C@@H](CO)[C@H](O)C(O)C1O)NC(=O)CCCCCCCCCCCCC/C=C/CCCCCCCC. The number of ether oxygens (including phenoxy) is 2. The van der Waals surface area contributed by atoms with Crippen LogP contribution in [-0.2, 0) is 14.3 Å². The smallest absolute Gasteiger partial charge is 0.220 e. The van der Waals surface area contributed by atoms with Crippen molar-refractivity contribution in [3.8, 4) is 0 Å². The van der Waals surface area contributed by atoms with Crippen LogP contribution in [0.5, 0.6) is 0 Å². The van der Waals surface area contributed by atoms with Gasteiger partial charge < -0.3 is 40.3 Å². The third kappa shape index (κ3) is 27.9. The van der Waals surface area contributed by atoms with Crippen molar-refractivity contribution in [1.82, 2.24) is 5.32 Å².